The van der Waals surface area contributed by atoms with E-state index in [1.54, 1.807) is 6.08 Å². The Labute approximate surface area is 481 Å². The normalized spacial score (nSPS) is 14.7. The minimum Gasteiger partial charge on any atom is -0.756 e. The molecule has 0 aromatic heterocycles. The van der Waals surface area contributed by atoms with E-state index < -0.39 is 26.6 Å². The first-order chi connectivity index (χ1) is 38.0. The predicted octanol–water partition coefficient (Wildman–Crippen LogP) is 19.2. The Hall–Kier alpha value is -3.36. The summed E-state index contributed by atoms with van der Waals surface area (Å²) in [5, 5.41) is 13.9. The van der Waals surface area contributed by atoms with Crippen molar-refractivity contribution < 1.29 is 32.9 Å². The Morgan fingerprint density at radius 1 is 0.462 bits per heavy atom. The first kappa shape index (κ1) is 74.6. The van der Waals surface area contributed by atoms with Crippen molar-refractivity contribution in [1.29, 1.82) is 0 Å². The van der Waals surface area contributed by atoms with E-state index in [9.17, 15) is 19.4 Å². The molecular weight excluding hydrogens is 984 g/mol. The number of carbonyl (C=O) groups is 1. The lowest BCUT2D eigenvalue weighted by Gasteiger charge is -2.29. The van der Waals surface area contributed by atoms with E-state index in [0.29, 0.717) is 17.4 Å². The summed E-state index contributed by atoms with van der Waals surface area (Å²) in [6, 6.07) is -0.926. The maximum Gasteiger partial charge on any atom is 0.268 e. The fourth-order valence-electron chi connectivity index (χ4n) is 8.44. The van der Waals surface area contributed by atoms with E-state index in [2.05, 4.69) is 141 Å². The number of nitrogens with one attached hydrogen (secondary N) is 1. The van der Waals surface area contributed by atoms with Gasteiger partial charge in [0.25, 0.3) is 7.82 Å². The smallest absolute Gasteiger partial charge is 0.268 e. The van der Waals surface area contributed by atoms with Crippen molar-refractivity contribution in [2.45, 2.75) is 257 Å². The number of hydrogen-bond donors (Lipinski definition) is 2. The Bertz CT molecular complexity index is 1730. The molecule has 0 radical (unpaired) electrons. The maximum atomic E-state index is 13.0. The van der Waals surface area contributed by atoms with E-state index in [1.807, 2.05) is 27.2 Å². The van der Waals surface area contributed by atoms with Gasteiger partial charge in [0.15, 0.2) is 0 Å². The van der Waals surface area contributed by atoms with Crippen molar-refractivity contribution in [2.75, 3.05) is 40.9 Å². The van der Waals surface area contributed by atoms with Gasteiger partial charge in [0.2, 0.25) is 5.91 Å². The summed E-state index contributed by atoms with van der Waals surface area (Å²) in [6.07, 6.45) is 88.3. The number of hydrogen-bond acceptors (Lipinski definition) is 6. The lowest BCUT2D eigenvalue weighted by molar-refractivity contribution is -0.870. The third-order valence-electron chi connectivity index (χ3n) is 13.3. The second-order valence-corrected chi connectivity index (χ2v) is 23.4. The number of aliphatic hydroxyl groups excluding tert-OH is 1. The van der Waals surface area contributed by atoms with Crippen molar-refractivity contribution in [3.8, 4) is 0 Å². The van der Waals surface area contributed by atoms with Gasteiger partial charge in [-0.05, 0) is 109 Å². The maximum absolute atomic E-state index is 13.0. The van der Waals surface area contributed by atoms with E-state index in [0.717, 1.165) is 109 Å². The van der Waals surface area contributed by atoms with Crippen LogP contribution in [0.25, 0.3) is 0 Å². The summed E-state index contributed by atoms with van der Waals surface area (Å²) in [5.41, 5.74) is 0. The number of carbonyl (C=O) groups excluding carboxylic acids is 1. The molecular formula is C69H119N2O6P. The minimum absolute atomic E-state index is 0.0177. The van der Waals surface area contributed by atoms with Gasteiger partial charge < -0.3 is 28.8 Å². The van der Waals surface area contributed by atoms with Crippen LogP contribution in [0.5, 0.6) is 0 Å². The molecule has 0 rings (SSSR count). The molecule has 0 saturated carbocycles. The summed E-state index contributed by atoms with van der Waals surface area (Å²) < 4.78 is 23.4. The largest absolute Gasteiger partial charge is 0.756 e. The molecule has 2 N–H and O–H groups in total. The number of aliphatic hydroxyl groups is 1. The Balaban J connectivity index is 4.28. The topological polar surface area (TPSA) is 108 Å². The molecule has 0 aliphatic rings. The number of likely N-dealkylation sites (N-methyl/N-ethyl adjacent to an activating group) is 1. The molecule has 0 saturated heterocycles. The van der Waals surface area contributed by atoms with Crippen LogP contribution in [0.4, 0.5) is 0 Å². The molecule has 3 atom stereocenters. The molecule has 0 aromatic rings. The predicted molar refractivity (Wildman–Crippen MR) is 338 cm³/mol. The highest BCUT2D eigenvalue weighted by Gasteiger charge is 2.23. The van der Waals surface area contributed by atoms with Crippen LogP contribution in [-0.2, 0) is 18.4 Å². The van der Waals surface area contributed by atoms with E-state index in [-0.39, 0.29) is 12.5 Å². The number of unbranched alkanes of at least 4 members (excludes halogenated alkanes) is 23. The lowest BCUT2D eigenvalue weighted by Crippen LogP contribution is -2.45. The SMILES string of the molecule is CC/C=C\C/C=C\C/C=C\C/C=C\C/C=C\C/C=C\C/C=C\C/C=C\CCCCCCCCCCC(=O)NC(COP(=O)([O-])OCC[N+](C)(C)C)C(O)/C=C/CC/C=C/CC/C=C/CCCCCCCCCCCCCCC. The molecule has 0 aliphatic heterocycles. The standard InChI is InChI=1S/C69H119N2O6P/c1-6-8-10-12-14-16-18-20-22-24-26-28-30-31-32-33-34-35-36-37-38-39-41-43-45-47-49-51-53-55-57-59-61-63-69(73)70-67(66-77-78(74,75)76-65-64-71(3,4)5)68(72)62-60-58-56-54-52-50-48-46-44-42-40-29-27-25-23-21-19-17-15-13-11-9-7-2/h8,10,14,16,20,22,26,28,31-32,34-35,37-38,41,43-44,46,52,54,60,62,67-68,72H,6-7,9,11-13,15,17-19,21,23-25,27,29-30,33,36,39-40,42,45,47-51,53,55-59,61,63-66H2,1-5H3,(H-,70,73,74,75)/b10-8-,16-14-,22-20-,28-26-,32-31-,35-34-,38-37-,43-41-,46-44+,54-52+,62-60+. The molecule has 78 heavy (non-hydrogen) atoms. The van der Waals surface area contributed by atoms with Gasteiger partial charge in [-0.15, -0.1) is 0 Å². The van der Waals surface area contributed by atoms with E-state index in [4.69, 9.17) is 9.05 Å². The average molecular weight is 1100 g/mol. The highest BCUT2D eigenvalue weighted by Crippen LogP contribution is 2.38. The van der Waals surface area contributed by atoms with E-state index in [1.165, 1.54) is 116 Å². The monoisotopic (exact) mass is 1100 g/mol. The van der Waals surface area contributed by atoms with Gasteiger partial charge >= 0.3 is 0 Å². The van der Waals surface area contributed by atoms with Crippen LogP contribution in [0.3, 0.4) is 0 Å². The number of nitrogens with zero attached hydrogens (tertiary/aromatic N) is 1. The molecule has 446 valence electrons. The first-order valence-electron chi connectivity index (χ1n) is 31.5. The molecule has 0 spiro atoms. The fourth-order valence-corrected chi connectivity index (χ4v) is 9.16. The number of phosphoric acid groups is 1. The van der Waals surface area contributed by atoms with E-state index >= 15 is 0 Å². The van der Waals surface area contributed by atoms with Crippen LogP contribution in [0.1, 0.15) is 245 Å². The Morgan fingerprint density at radius 2 is 0.795 bits per heavy atom. The van der Waals surface area contributed by atoms with Crippen LogP contribution in [0.2, 0.25) is 0 Å². The van der Waals surface area contributed by atoms with Crippen molar-refractivity contribution in [3.63, 3.8) is 0 Å². The van der Waals surface area contributed by atoms with Crippen LogP contribution in [0.15, 0.2) is 134 Å². The van der Waals surface area contributed by atoms with Crippen LogP contribution in [-0.4, -0.2) is 68.5 Å². The van der Waals surface area contributed by atoms with Crippen LogP contribution in [0, 0.1) is 0 Å². The van der Waals surface area contributed by atoms with Crippen LogP contribution >= 0.6 is 7.82 Å². The fraction of sp³-hybridized carbons (Fsp3) is 0.667. The van der Waals surface area contributed by atoms with Gasteiger partial charge in [0.05, 0.1) is 39.9 Å². The zero-order valence-corrected chi connectivity index (χ0v) is 51.7. The zero-order chi connectivity index (χ0) is 57.0. The van der Waals surface area contributed by atoms with Crippen molar-refractivity contribution in [3.05, 3.63) is 134 Å². The quantitative estimate of drug-likeness (QED) is 0.0272. The molecule has 0 bridgehead atoms. The van der Waals surface area contributed by atoms with Crippen molar-refractivity contribution in [2.24, 2.45) is 0 Å². The summed E-state index contributed by atoms with van der Waals surface area (Å²) in [6.45, 7) is 4.50. The lowest BCUT2D eigenvalue weighted by atomic mass is 10.0. The van der Waals surface area contributed by atoms with Gasteiger partial charge in [-0.1, -0.05) is 263 Å². The third-order valence-corrected chi connectivity index (χ3v) is 14.3. The summed E-state index contributed by atoms with van der Waals surface area (Å²) >= 11 is 0. The number of amides is 1. The molecule has 0 aliphatic carbocycles. The second-order valence-electron chi connectivity index (χ2n) is 22.0. The third kappa shape index (κ3) is 60.3. The molecule has 1 amide bonds. The van der Waals surface area contributed by atoms with Gasteiger partial charge in [0, 0.05) is 6.42 Å². The van der Waals surface area contributed by atoms with Crippen molar-refractivity contribution in [1.82, 2.24) is 5.32 Å². The second kappa shape index (κ2) is 58.3. The van der Waals surface area contributed by atoms with Crippen molar-refractivity contribution >= 4 is 13.7 Å². The van der Waals surface area contributed by atoms with Gasteiger partial charge in [0.1, 0.15) is 13.2 Å². The van der Waals surface area contributed by atoms with Crippen LogP contribution < -0.4 is 10.2 Å². The first-order valence-corrected chi connectivity index (χ1v) is 33.0. The number of rotatable bonds is 56. The number of quaternary nitrogens is 1. The molecule has 3 unspecified atom stereocenters. The molecule has 8 nitrogen and oxygen atoms in total. The van der Waals surface area contributed by atoms with Gasteiger partial charge in [-0.25, -0.2) is 0 Å². The molecule has 9 heteroatoms. The zero-order valence-electron chi connectivity index (χ0n) is 50.8. The summed E-state index contributed by atoms with van der Waals surface area (Å²) in [7, 11) is 1.21. The molecule has 0 fully saturated rings. The highest BCUT2D eigenvalue weighted by atomic mass is 31.2. The molecule has 0 heterocycles. The molecule has 0 aromatic carbocycles. The Morgan fingerprint density at radius 3 is 1.19 bits per heavy atom. The highest BCUT2D eigenvalue weighted by molar-refractivity contribution is 7.45. The van der Waals surface area contributed by atoms with Gasteiger partial charge in [-0.3, -0.25) is 9.36 Å². The Kier molecular flexibility index (Phi) is 55.8. The average Bonchev–Trinajstić information content (AvgIpc) is 3.41. The number of allylic oxidation sites excluding steroid dienone is 21. The summed E-state index contributed by atoms with van der Waals surface area (Å²) in [5.74, 6) is -0.225. The summed E-state index contributed by atoms with van der Waals surface area (Å²) in [4.78, 5) is 25.6. The number of phosphoric ester groups is 1. The van der Waals surface area contributed by atoms with Gasteiger partial charge in [-0.2, -0.15) is 0 Å². The minimum atomic E-state index is -4.62.